The molecule has 17 heavy (non-hydrogen) atoms. The molecule has 0 radical (unpaired) electrons. The second-order valence-electron chi connectivity index (χ2n) is 3.45. The molecule has 0 saturated heterocycles. The Morgan fingerprint density at radius 2 is 2.12 bits per heavy atom. The number of hydrogen-bond donors (Lipinski definition) is 1. The number of carbonyl (C=O) groups is 1. The van der Waals surface area contributed by atoms with Crippen molar-refractivity contribution >= 4 is 11.7 Å². The van der Waals surface area contributed by atoms with Crippen LogP contribution in [0, 0.1) is 6.92 Å². The van der Waals surface area contributed by atoms with Gasteiger partial charge in [-0.15, -0.1) is 8.78 Å². The van der Waals surface area contributed by atoms with E-state index in [4.69, 9.17) is 5.73 Å². The second-order valence-corrected chi connectivity index (χ2v) is 3.45. The van der Waals surface area contributed by atoms with Gasteiger partial charge in [0.1, 0.15) is 0 Å². The van der Waals surface area contributed by atoms with E-state index < -0.39 is 12.3 Å². The number of esters is 1. The zero-order chi connectivity index (χ0) is 12.8. The first kappa shape index (κ1) is 11.4. The third-order valence-corrected chi connectivity index (χ3v) is 2.35. The standard InChI is InChI=1S/C10H9F2NO4/c1-4-7(9(14)15-2)5(13)3-6-8(4)17-10(11,12)16-6/h3H,13H2,1-2H3. The molecule has 0 aromatic heterocycles. The van der Waals surface area contributed by atoms with Crippen molar-refractivity contribution in [3.05, 3.63) is 17.2 Å². The van der Waals surface area contributed by atoms with Gasteiger partial charge in [-0.1, -0.05) is 0 Å². The van der Waals surface area contributed by atoms with Crippen molar-refractivity contribution < 1.29 is 27.8 Å². The predicted molar refractivity (Wildman–Crippen MR) is 53.1 cm³/mol. The van der Waals surface area contributed by atoms with E-state index in [9.17, 15) is 13.6 Å². The fourth-order valence-electron chi connectivity index (χ4n) is 1.64. The first-order chi connectivity index (χ1) is 7.85. The van der Waals surface area contributed by atoms with E-state index in [0.717, 1.165) is 6.07 Å². The van der Waals surface area contributed by atoms with Crippen molar-refractivity contribution in [3.63, 3.8) is 0 Å². The average Bonchev–Trinajstić information content (AvgIpc) is 2.52. The minimum Gasteiger partial charge on any atom is -0.465 e. The summed E-state index contributed by atoms with van der Waals surface area (Å²) in [6.07, 6.45) is -3.74. The number of hydrogen-bond acceptors (Lipinski definition) is 5. The van der Waals surface area contributed by atoms with Crippen molar-refractivity contribution in [3.8, 4) is 11.5 Å². The summed E-state index contributed by atoms with van der Waals surface area (Å²) in [7, 11) is 1.17. The molecule has 5 nitrogen and oxygen atoms in total. The number of benzene rings is 1. The first-order valence-electron chi connectivity index (χ1n) is 4.63. The number of alkyl halides is 2. The van der Waals surface area contributed by atoms with Gasteiger partial charge in [0.05, 0.1) is 18.4 Å². The summed E-state index contributed by atoms with van der Waals surface area (Å²) in [5, 5.41) is 0. The Hall–Kier alpha value is -2.05. The number of methoxy groups -OCH3 is 1. The molecule has 2 rings (SSSR count). The lowest BCUT2D eigenvalue weighted by Gasteiger charge is -2.09. The van der Waals surface area contributed by atoms with Crippen molar-refractivity contribution in [1.29, 1.82) is 0 Å². The number of halogens is 2. The lowest BCUT2D eigenvalue weighted by Crippen LogP contribution is -2.26. The van der Waals surface area contributed by atoms with Crippen LogP contribution in [0.1, 0.15) is 15.9 Å². The average molecular weight is 245 g/mol. The maximum absolute atomic E-state index is 12.9. The van der Waals surface area contributed by atoms with Crippen LogP contribution in [0.15, 0.2) is 6.07 Å². The number of fused-ring (bicyclic) bond motifs is 1. The normalized spacial score (nSPS) is 15.8. The van der Waals surface area contributed by atoms with E-state index in [1.165, 1.54) is 14.0 Å². The Kier molecular flexibility index (Phi) is 2.34. The first-order valence-corrected chi connectivity index (χ1v) is 4.63. The molecule has 0 saturated carbocycles. The van der Waals surface area contributed by atoms with Crippen LogP contribution in [0.2, 0.25) is 0 Å². The summed E-state index contributed by atoms with van der Waals surface area (Å²) in [6.45, 7) is 1.42. The van der Waals surface area contributed by atoms with Crippen LogP contribution in [0.3, 0.4) is 0 Å². The Morgan fingerprint density at radius 3 is 2.71 bits per heavy atom. The zero-order valence-corrected chi connectivity index (χ0v) is 9.04. The summed E-state index contributed by atoms with van der Waals surface area (Å²) >= 11 is 0. The van der Waals surface area contributed by atoms with Crippen LogP contribution in [-0.2, 0) is 4.74 Å². The van der Waals surface area contributed by atoms with Gasteiger partial charge >= 0.3 is 12.3 Å². The smallest absolute Gasteiger partial charge is 0.465 e. The molecular weight excluding hydrogens is 236 g/mol. The third kappa shape index (κ3) is 1.73. The van der Waals surface area contributed by atoms with Gasteiger partial charge in [-0.2, -0.15) is 0 Å². The highest BCUT2D eigenvalue weighted by molar-refractivity contribution is 5.98. The number of carbonyl (C=O) groups excluding carboxylic acids is 1. The maximum atomic E-state index is 12.9. The molecule has 7 heteroatoms. The molecule has 0 atom stereocenters. The minimum absolute atomic E-state index is 0.00519. The topological polar surface area (TPSA) is 70.8 Å². The molecule has 1 heterocycles. The molecule has 1 aliphatic rings. The second kappa shape index (κ2) is 3.47. The van der Waals surface area contributed by atoms with Gasteiger partial charge in [-0.25, -0.2) is 4.79 Å². The van der Waals surface area contributed by atoms with Crippen LogP contribution in [0.4, 0.5) is 14.5 Å². The van der Waals surface area contributed by atoms with Gasteiger partial charge in [-0.05, 0) is 6.92 Å². The fourth-order valence-corrected chi connectivity index (χ4v) is 1.64. The molecule has 1 aromatic rings. The molecule has 92 valence electrons. The molecule has 1 aliphatic heterocycles. The van der Waals surface area contributed by atoms with E-state index in [1.54, 1.807) is 0 Å². The Morgan fingerprint density at radius 1 is 1.47 bits per heavy atom. The molecule has 0 bridgehead atoms. The molecule has 2 N–H and O–H groups in total. The number of nitrogens with two attached hydrogens (primary N) is 1. The van der Waals surface area contributed by atoms with Gasteiger partial charge in [0.2, 0.25) is 0 Å². The number of ether oxygens (including phenoxy) is 3. The van der Waals surface area contributed by atoms with Gasteiger partial charge in [0, 0.05) is 11.6 Å². The van der Waals surface area contributed by atoms with Crippen molar-refractivity contribution in [1.82, 2.24) is 0 Å². The Balaban J connectivity index is 2.58. The molecule has 0 aliphatic carbocycles. The van der Waals surface area contributed by atoms with Gasteiger partial charge in [0.25, 0.3) is 0 Å². The monoisotopic (exact) mass is 245 g/mol. The van der Waals surface area contributed by atoms with Crippen LogP contribution >= 0.6 is 0 Å². The van der Waals surface area contributed by atoms with Crippen molar-refractivity contribution in [2.75, 3.05) is 12.8 Å². The van der Waals surface area contributed by atoms with Gasteiger partial charge in [-0.3, -0.25) is 0 Å². The molecule has 1 aromatic carbocycles. The van der Waals surface area contributed by atoms with Gasteiger partial charge < -0.3 is 19.9 Å². The highest BCUT2D eigenvalue weighted by atomic mass is 19.3. The van der Waals surface area contributed by atoms with E-state index in [1.807, 2.05) is 0 Å². The number of nitrogen functional groups attached to an aromatic ring is 1. The summed E-state index contributed by atoms with van der Waals surface area (Å²) < 4.78 is 38.8. The predicted octanol–water partition coefficient (Wildman–Crippen LogP) is 1.69. The minimum atomic E-state index is -3.74. The number of rotatable bonds is 1. The molecule has 0 amide bonds. The molecule has 0 spiro atoms. The summed E-state index contributed by atoms with van der Waals surface area (Å²) in [4.78, 5) is 11.4. The van der Waals surface area contributed by atoms with E-state index in [2.05, 4.69) is 14.2 Å². The van der Waals surface area contributed by atoms with Gasteiger partial charge in [0.15, 0.2) is 11.5 Å². The Bertz CT molecular complexity index is 502. The van der Waals surface area contributed by atoms with E-state index >= 15 is 0 Å². The highest BCUT2D eigenvalue weighted by Gasteiger charge is 2.45. The lowest BCUT2D eigenvalue weighted by atomic mass is 10.1. The SMILES string of the molecule is COC(=O)c1c(N)cc2c(c1C)OC(F)(F)O2. The van der Waals surface area contributed by atoms with E-state index in [-0.39, 0.29) is 28.3 Å². The summed E-state index contributed by atoms with van der Waals surface area (Å²) in [6, 6.07) is 1.11. The highest BCUT2D eigenvalue weighted by Crippen LogP contribution is 2.46. The molecular formula is C10H9F2NO4. The summed E-state index contributed by atoms with van der Waals surface area (Å²) in [5.41, 5.74) is 5.72. The van der Waals surface area contributed by atoms with Crippen molar-refractivity contribution in [2.45, 2.75) is 13.2 Å². The molecule has 0 fully saturated rings. The molecule has 0 unspecified atom stereocenters. The largest absolute Gasteiger partial charge is 0.586 e. The van der Waals surface area contributed by atoms with Crippen LogP contribution < -0.4 is 15.2 Å². The van der Waals surface area contributed by atoms with Crippen LogP contribution in [0.5, 0.6) is 11.5 Å². The Labute approximate surface area is 95.1 Å². The number of anilines is 1. The van der Waals surface area contributed by atoms with E-state index in [0.29, 0.717) is 0 Å². The third-order valence-electron chi connectivity index (χ3n) is 2.35. The zero-order valence-electron chi connectivity index (χ0n) is 9.04. The lowest BCUT2D eigenvalue weighted by molar-refractivity contribution is -0.286. The van der Waals surface area contributed by atoms with Crippen molar-refractivity contribution in [2.24, 2.45) is 0 Å². The van der Waals surface area contributed by atoms with Crippen LogP contribution in [0.25, 0.3) is 0 Å². The van der Waals surface area contributed by atoms with Crippen LogP contribution in [-0.4, -0.2) is 19.4 Å². The fraction of sp³-hybridized carbons (Fsp3) is 0.300. The maximum Gasteiger partial charge on any atom is 0.586 e. The summed E-state index contributed by atoms with van der Waals surface area (Å²) in [5.74, 6) is -1.12. The quantitative estimate of drug-likeness (QED) is 0.602.